The number of hydrogen-bond donors (Lipinski definition) is 0. The number of hydrogen-bond acceptors (Lipinski definition) is 3. The van der Waals surface area contributed by atoms with Crippen molar-refractivity contribution in [2.75, 3.05) is 0 Å². The van der Waals surface area contributed by atoms with Crippen molar-refractivity contribution < 1.29 is 0 Å². The van der Waals surface area contributed by atoms with Gasteiger partial charge in [-0.1, -0.05) is 78.9 Å². The van der Waals surface area contributed by atoms with Crippen LogP contribution in [0.5, 0.6) is 0 Å². The molecule has 170 valence electrons. The van der Waals surface area contributed by atoms with Crippen LogP contribution in [-0.2, 0) is 0 Å². The summed E-state index contributed by atoms with van der Waals surface area (Å²) in [6.07, 6.45) is 0. The molecule has 0 fully saturated rings. The molecule has 0 radical (unpaired) electrons. The number of nitrogens with zero attached hydrogens (tertiary/aromatic N) is 4. The lowest BCUT2D eigenvalue weighted by Gasteiger charge is -2.09. The number of rotatable bonds is 3. The summed E-state index contributed by atoms with van der Waals surface area (Å²) in [5, 5.41) is 4.69. The van der Waals surface area contributed by atoms with Gasteiger partial charge in [-0.15, -0.1) is 0 Å². The van der Waals surface area contributed by atoms with Gasteiger partial charge in [0.1, 0.15) is 0 Å². The Balaban J connectivity index is 1.44. The average molecular weight is 483 g/mol. The van der Waals surface area contributed by atoms with Crippen molar-refractivity contribution in [2.45, 2.75) is 0 Å². The Bertz CT molecular complexity index is 1900. The number of fused-ring (bicyclic) bond motifs is 4. The van der Waals surface area contributed by atoms with Crippen molar-refractivity contribution >= 4 is 44.2 Å². The van der Waals surface area contributed by atoms with Crippen molar-refractivity contribution in [1.29, 1.82) is 0 Å². The summed E-state index contributed by atoms with van der Waals surface area (Å²) >= 11 is 6.43. The second-order valence-corrected chi connectivity index (χ2v) is 9.04. The summed E-state index contributed by atoms with van der Waals surface area (Å²) in [4.78, 5) is 13.8. The molecule has 0 saturated carbocycles. The molecule has 2 heterocycles. The Labute approximate surface area is 212 Å². The predicted molar refractivity (Wildman–Crippen MR) is 148 cm³/mol. The van der Waals surface area contributed by atoms with Crippen LogP contribution in [0.2, 0.25) is 5.28 Å². The van der Waals surface area contributed by atoms with Crippen LogP contribution < -0.4 is 0 Å². The number of aromatic nitrogens is 4. The molecule has 0 saturated heterocycles. The molecule has 0 aliphatic rings. The van der Waals surface area contributed by atoms with Gasteiger partial charge in [-0.2, -0.15) is 9.97 Å². The van der Waals surface area contributed by atoms with Gasteiger partial charge in [0, 0.05) is 27.6 Å². The standard InChI is InChI=1S/C31H19ClN4/c32-31-34-29(33-30(35-31)25-15-8-10-20-9-4-5-13-23(20)25)21-17-18-28-26(19-21)24-14-6-7-16-27(24)36(28)22-11-2-1-3-12-22/h1-19H. The van der Waals surface area contributed by atoms with Gasteiger partial charge >= 0.3 is 0 Å². The van der Waals surface area contributed by atoms with E-state index in [1.807, 2.05) is 30.3 Å². The number of benzene rings is 5. The first-order valence-electron chi connectivity index (χ1n) is 11.7. The van der Waals surface area contributed by atoms with Crippen LogP contribution in [0.15, 0.2) is 115 Å². The first kappa shape index (κ1) is 20.8. The van der Waals surface area contributed by atoms with Gasteiger partial charge in [0.2, 0.25) is 5.28 Å². The van der Waals surface area contributed by atoms with Gasteiger partial charge in [-0.05, 0) is 58.8 Å². The van der Waals surface area contributed by atoms with Crippen LogP contribution in [-0.4, -0.2) is 19.5 Å². The SMILES string of the molecule is Clc1nc(-c2ccc3c(c2)c2ccccc2n3-c2ccccc2)nc(-c2cccc3ccccc23)n1. The van der Waals surface area contributed by atoms with E-state index in [1.54, 1.807) is 0 Å². The van der Waals surface area contributed by atoms with E-state index in [1.165, 1.54) is 5.39 Å². The van der Waals surface area contributed by atoms with E-state index in [0.717, 1.165) is 44.0 Å². The largest absolute Gasteiger partial charge is 0.309 e. The molecule has 0 aliphatic heterocycles. The van der Waals surface area contributed by atoms with E-state index in [0.29, 0.717) is 11.6 Å². The van der Waals surface area contributed by atoms with E-state index in [9.17, 15) is 0 Å². The lowest BCUT2D eigenvalue weighted by atomic mass is 10.0. The normalized spacial score (nSPS) is 11.5. The minimum absolute atomic E-state index is 0.176. The van der Waals surface area contributed by atoms with Crippen LogP contribution in [0.3, 0.4) is 0 Å². The van der Waals surface area contributed by atoms with Crippen molar-refractivity contribution in [2.24, 2.45) is 0 Å². The monoisotopic (exact) mass is 482 g/mol. The molecule has 0 unspecified atom stereocenters. The Kier molecular flexibility index (Phi) is 4.79. The Morgan fingerprint density at radius 1 is 0.528 bits per heavy atom. The number of halogens is 1. The highest BCUT2D eigenvalue weighted by molar-refractivity contribution is 6.28. The Morgan fingerprint density at radius 3 is 2.11 bits per heavy atom. The van der Waals surface area contributed by atoms with Crippen molar-refractivity contribution in [3.63, 3.8) is 0 Å². The minimum atomic E-state index is 0.176. The third kappa shape index (κ3) is 3.35. The quantitative estimate of drug-likeness (QED) is 0.255. The van der Waals surface area contributed by atoms with Gasteiger partial charge < -0.3 is 4.57 Å². The molecule has 36 heavy (non-hydrogen) atoms. The fourth-order valence-corrected chi connectivity index (χ4v) is 5.15. The average Bonchev–Trinajstić information content (AvgIpc) is 3.26. The van der Waals surface area contributed by atoms with Gasteiger partial charge in [0.15, 0.2) is 11.6 Å². The molecule has 0 aliphatic carbocycles. The number of para-hydroxylation sites is 2. The predicted octanol–water partition coefficient (Wildman–Crippen LogP) is 8.11. The molecule has 0 bridgehead atoms. The third-order valence-corrected chi connectivity index (χ3v) is 6.75. The van der Waals surface area contributed by atoms with Crippen molar-refractivity contribution in [1.82, 2.24) is 19.5 Å². The molecular formula is C31H19ClN4. The molecule has 5 heteroatoms. The maximum atomic E-state index is 6.43. The van der Waals surface area contributed by atoms with Gasteiger partial charge in [0.25, 0.3) is 0 Å². The van der Waals surface area contributed by atoms with E-state index in [4.69, 9.17) is 16.6 Å². The molecule has 4 nitrogen and oxygen atoms in total. The lowest BCUT2D eigenvalue weighted by molar-refractivity contribution is 1.07. The summed E-state index contributed by atoms with van der Waals surface area (Å²) in [5.74, 6) is 1.12. The van der Waals surface area contributed by atoms with Gasteiger partial charge in [-0.3, -0.25) is 0 Å². The fourth-order valence-electron chi connectivity index (χ4n) is 4.99. The first-order valence-corrected chi connectivity index (χ1v) is 12.1. The topological polar surface area (TPSA) is 43.6 Å². The summed E-state index contributed by atoms with van der Waals surface area (Å²) in [7, 11) is 0. The highest BCUT2D eigenvalue weighted by Crippen LogP contribution is 2.35. The van der Waals surface area contributed by atoms with E-state index >= 15 is 0 Å². The zero-order chi connectivity index (χ0) is 24.1. The summed E-state index contributed by atoms with van der Waals surface area (Å²) in [6.45, 7) is 0. The zero-order valence-corrected chi connectivity index (χ0v) is 19.9. The second kappa shape index (κ2) is 8.29. The molecule has 5 aromatic carbocycles. The molecule has 2 aromatic heterocycles. The third-order valence-electron chi connectivity index (χ3n) is 6.58. The van der Waals surface area contributed by atoms with Crippen LogP contribution >= 0.6 is 11.6 Å². The molecule has 7 aromatic rings. The highest BCUT2D eigenvalue weighted by atomic mass is 35.5. The molecule has 7 rings (SSSR count). The molecule has 0 N–H and O–H groups in total. The Morgan fingerprint density at radius 2 is 1.22 bits per heavy atom. The minimum Gasteiger partial charge on any atom is -0.309 e. The molecule has 0 amide bonds. The van der Waals surface area contributed by atoms with Crippen LogP contribution in [0.1, 0.15) is 0 Å². The smallest absolute Gasteiger partial charge is 0.226 e. The molecular weight excluding hydrogens is 464 g/mol. The summed E-state index contributed by atoms with van der Waals surface area (Å²) < 4.78 is 2.29. The van der Waals surface area contributed by atoms with Crippen molar-refractivity contribution in [3.8, 4) is 28.5 Å². The first-order chi connectivity index (χ1) is 17.8. The maximum Gasteiger partial charge on any atom is 0.226 e. The Hall–Kier alpha value is -4.54. The zero-order valence-electron chi connectivity index (χ0n) is 19.1. The molecule has 0 atom stereocenters. The van der Waals surface area contributed by atoms with Gasteiger partial charge in [-0.25, -0.2) is 4.98 Å². The fraction of sp³-hybridized carbons (Fsp3) is 0. The van der Waals surface area contributed by atoms with Crippen LogP contribution in [0, 0.1) is 0 Å². The summed E-state index contributed by atoms with van der Waals surface area (Å²) in [5.41, 5.74) is 5.23. The summed E-state index contributed by atoms with van der Waals surface area (Å²) in [6, 6.07) is 39.5. The van der Waals surface area contributed by atoms with Crippen molar-refractivity contribution in [3.05, 3.63) is 121 Å². The van der Waals surface area contributed by atoms with E-state index in [2.05, 4.69) is 99.5 Å². The van der Waals surface area contributed by atoms with Crippen LogP contribution in [0.4, 0.5) is 0 Å². The molecule has 0 spiro atoms. The highest BCUT2D eigenvalue weighted by Gasteiger charge is 2.16. The van der Waals surface area contributed by atoms with E-state index < -0.39 is 0 Å². The second-order valence-electron chi connectivity index (χ2n) is 8.70. The van der Waals surface area contributed by atoms with Gasteiger partial charge in [0.05, 0.1) is 11.0 Å². The maximum absolute atomic E-state index is 6.43. The van der Waals surface area contributed by atoms with E-state index in [-0.39, 0.29) is 5.28 Å². The van der Waals surface area contributed by atoms with Crippen LogP contribution in [0.25, 0.3) is 61.0 Å². The lowest BCUT2D eigenvalue weighted by Crippen LogP contribution is -1.98.